The first-order valence-corrected chi connectivity index (χ1v) is 4.85. The van der Waals surface area contributed by atoms with E-state index in [2.05, 4.69) is 13.8 Å². The molecule has 0 unspecified atom stereocenters. The Bertz CT molecular complexity index is 234. The molecule has 1 aliphatic heterocycles. The van der Waals surface area contributed by atoms with Gasteiger partial charge in [0.15, 0.2) is 0 Å². The van der Waals surface area contributed by atoms with Crippen LogP contribution in [0.3, 0.4) is 0 Å². The number of hydrogen-bond acceptors (Lipinski definition) is 3. The molecule has 3 heteroatoms. The number of esters is 1. The van der Waals surface area contributed by atoms with E-state index in [1.807, 2.05) is 0 Å². The summed E-state index contributed by atoms with van der Waals surface area (Å²) in [4.78, 5) is 11.0. The van der Waals surface area contributed by atoms with Gasteiger partial charge in [0, 0.05) is 5.92 Å². The van der Waals surface area contributed by atoms with Gasteiger partial charge in [-0.15, -0.1) is 0 Å². The molecule has 0 bridgehead atoms. The lowest BCUT2D eigenvalue weighted by Gasteiger charge is -2.39. The van der Waals surface area contributed by atoms with Gasteiger partial charge in [-0.05, 0) is 18.3 Å². The Morgan fingerprint density at radius 3 is 2.85 bits per heavy atom. The maximum Gasteiger partial charge on any atom is 0.306 e. The first kappa shape index (κ1) is 9.00. The zero-order valence-corrected chi connectivity index (χ0v) is 8.12. The van der Waals surface area contributed by atoms with Gasteiger partial charge in [0.25, 0.3) is 0 Å². The zero-order chi connectivity index (χ0) is 9.64. The Hall–Kier alpha value is -0.570. The summed E-state index contributed by atoms with van der Waals surface area (Å²) in [5.74, 6) is -0.0905. The molecule has 3 nitrogen and oxygen atoms in total. The Balaban J connectivity index is 2.15. The largest absolute Gasteiger partial charge is 0.462 e. The molecule has 2 fully saturated rings. The second-order valence-electron chi connectivity index (χ2n) is 5.04. The van der Waals surface area contributed by atoms with Crippen molar-refractivity contribution in [1.29, 1.82) is 0 Å². The summed E-state index contributed by atoms with van der Waals surface area (Å²) in [5.41, 5.74) is 0.102. The fraction of sp³-hybridized carbons (Fsp3) is 0.900. The van der Waals surface area contributed by atoms with Crippen molar-refractivity contribution in [2.24, 2.45) is 11.3 Å². The van der Waals surface area contributed by atoms with Crippen LogP contribution < -0.4 is 0 Å². The lowest BCUT2D eigenvalue weighted by atomic mass is 9.70. The number of fused-ring (bicyclic) bond motifs is 1. The summed E-state index contributed by atoms with van der Waals surface area (Å²) in [6.07, 6.45) is 1.68. The molecule has 0 amide bonds. The molecule has 0 aromatic carbocycles. The first-order valence-electron chi connectivity index (χ1n) is 4.85. The van der Waals surface area contributed by atoms with Crippen LogP contribution in [0.2, 0.25) is 0 Å². The molecular formula is C10H16O3. The number of carbonyl (C=O) groups excluding carboxylic acids is 1. The van der Waals surface area contributed by atoms with Crippen LogP contribution in [0.4, 0.5) is 0 Å². The van der Waals surface area contributed by atoms with Gasteiger partial charge in [0.05, 0.1) is 12.5 Å². The standard InChI is InChI=1S/C10H16O3/c1-10(2)4-7(11)6-3-9(12)13-8(6)5-10/h6-8,11H,3-5H2,1-2H3/t6-,7+,8+/m1/s1. The van der Waals surface area contributed by atoms with E-state index >= 15 is 0 Å². The molecule has 13 heavy (non-hydrogen) atoms. The first-order chi connectivity index (χ1) is 5.98. The molecule has 74 valence electrons. The monoisotopic (exact) mass is 184 g/mol. The van der Waals surface area contributed by atoms with Crippen LogP contribution in [0.1, 0.15) is 33.1 Å². The average Bonchev–Trinajstić information content (AvgIpc) is 2.27. The van der Waals surface area contributed by atoms with Crippen LogP contribution in [0.25, 0.3) is 0 Å². The van der Waals surface area contributed by atoms with Gasteiger partial charge in [-0.25, -0.2) is 0 Å². The number of ether oxygens (including phenoxy) is 1. The summed E-state index contributed by atoms with van der Waals surface area (Å²) in [7, 11) is 0. The Labute approximate surface area is 78.1 Å². The number of rotatable bonds is 0. The van der Waals surface area contributed by atoms with Crippen molar-refractivity contribution in [3.63, 3.8) is 0 Å². The minimum Gasteiger partial charge on any atom is -0.462 e. The summed E-state index contributed by atoms with van der Waals surface area (Å²) in [5, 5.41) is 9.80. The van der Waals surface area contributed by atoms with E-state index in [1.54, 1.807) is 0 Å². The van der Waals surface area contributed by atoms with Crippen molar-refractivity contribution in [3.05, 3.63) is 0 Å². The number of carbonyl (C=O) groups is 1. The third-order valence-corrected chi connectivity index (χ3v) is 3.17. The zero-order valence-electron chi connectivity index (χ0n) is 8.12. The van der Waals surface area contributed by atoms with Gasteiger partial charge < -0.3 is 9.84 Å². The van der Waals surface area contributed by atoms with Crippen molar-refractivity contribution in [2.75, 3.05) is 0 Å². The predicted molar refractivity (Wildman–Crippen MR) is 47.0 cm³/mol. The van der Waals surface area contributed by atoms with Crippen molar-refractivity contribution in [1.82, 2.24) is 0 Å². The number of aliphatic hydroxyl groups is 1. The quantitative estimate of drug-likeness (QED) is 0.573. The van der Waals surface area contributed by atoms with Gasteiger partial charge >= 0.3 is 5.97 Å². The number of aliphatic hydroxyl groups excluding tert-OH is 1. The molecular weight excluding hydrogens is 168 g/mol. The van der Waals surface area contributed by atoms with Gasteiger partial charge in [-0.1, -0.05) is 13.8 Å². The van der Waals surface area contributed by atoms with E-state index in [4.69, 9.17) is 4.74 Å². The summed E-state index contributed by atoms with van der Waals surface area (Å²) in [6.45, 7) is 4.22. The van der Waals surface area contributed by atoms with Gasteiger partial charge in [0.1, 0.15) is 6.10 Å². The van der Waals surface area contributed by atoms with Crippen LogP contribution >= 0.6 is 0 Å². The molecule has 1 heterocycles. The molecule has 1 N–H and O–H groups in total. The molecule has 2 rings (SSSR count). The molecule has 1 saturated heterocycles. The molecule has 1 aliphatic carbocycles. The highest BCUT2D eigenvalue weighted by Crippen LogP contribution is 2.43. The van der Waals surface area contributed by atoms with E-state index in [1.165, 1.54) is 0 Å². The van der Waals surface area contributed by atoms with Crippen LogP contribution in [-0.4, -0.2) is 23.3 Å². The van der Waals surface area contributed by atoms with E-state index < -0.39 is 0 Å². The maximum absolute atomic E-state index is 11.0. The minimum absolute atomic E-state index is 0.0359. The van der Waals surface area contributed by atoms with Crippen LogP contribution in [0, 0.1) is 11.3 Å². The lowest BCUT2D eigenvalue weighted by Crippen LogP contribution is -2.41. The molecule has 0 spiro atoms. The van der Waals surface area contributed by atoms with Gasteiger partial charge in [-0.2, -0.15) is 0 Å². The summed E-state index contributed by atoms with van der Waals surface area (Å²) in [6, 6.07) is 0. The van der Waals surface area contributed by atoms with Crippen molar-refractivity contribution < 1.29 is 14.6 Å². The van der Waals surface area contributed by atoms with Crippen molar-refractivity contribution in [3.8, 4) is 0 Å². The summed E-state index contributed by atoms with van der Waals surface area (Å²) < 4.78 is 5.17. The highest BCUT2D eigenvalue weighted by molar-refractivity contribution is 5.72. The average molecular weight is 184 g/mol. The second kappa shape index (κ2) is 2.71. The third-order valence-electron chi connectivity index (χ3n) is 3.17. The van der Waals surface area contributed by atoms with Crippen LogP contribution in [-0.2, 0) is 9.53 Å². The molecule has 1 saturated carbocycles. The van der Waals surface area contributed by atoms with Crippen molar-refractivity contribution in [2.45, 2.75) is 45.3 Å². The summed E-state index contributed by atoms with van der Waals surface area (Å²) >= 11 is 0. The molecule has 0 aromatic heterocycles. The molecule has 0 aromatic rings. The third kappa shape index (κ3) is 1.57. The highest BCUT2D eigenvalue weighted by Gasteiger charge is 2.47. The molecule has 2 aliphatic rings. The molecule has 3 atom stereocenters. The normalized spacial score (nSPS) is 42.7. The highest BCUT2D eigenvalue weighted by atomic mass is 16.6. The second-order valence-corrected chi connectivity index (χ2v) is 5.04. The smallest absolute Gasteiger partial charge is 0.306 e. The topological polar surface area (TPSA) is 46.5 Å². The number of hydrogen-bond donors (Lipinski definition) is 1. The fourth-order valence-electron chi connectivity index (χ4n) is 2.55. The van der Waals surface area contributed by atoms with E-state index in [0.717, 1.165) is 12.8 Å². The Kier molecular flexibility index (Phi) is 1.88. The van der Waals surface area contributed by atoms with Gasteiger partial charge in [0.2, 0.25) is 0 Å². The Morgan fingerprint density at radius 2 is 2.15 bits per heavy atom. The van der Waals surface area contributed by atoms with E-state index in [-0.39, 0.29) is 29.5 Å². The maximum atomic E-state index is 11.0. The van der Waals surface area contributed by atoms with Crippen LogP contribution in [0.5, 0.6) is 0 Å². The van der Waals surface area contributed by atoms with Crippen LogP contribution in [0.15, 0.2) is 0 Å². The van der Waals surface area contributed by atoms with Crippen molar-refractivity contribution >= 4 is 5.97 Å². The van der Waals surface area contributed by atoms with E-state index in [9.17, 15) is 9.90 Å². The fourth-order valence-corrected chi connectivity index (χ4v) is 2.55. The predicted octanol–water partition coefficient (Wildman–Crippen LogP) is 1.10. The van der Waals surface area contributed by atoms with E-state index in [0.29, 0.717) is 6.42 Å². The lowest BCUT2D eigenvalue weighted by molar-refractivity contribution is -0.143. The minimum atomic E-state index is -0.361. The van der Waals surface area contributed by atoms with Gasteiger partial charge in [-0.3, -0.25) is 4.79 Å². The Morgan fingerprint density at radius 1 is 1.46 bits per heavy atom. The SMILES string of the molecule is CC1(C)C[C@@H]2OC(=O)C[C@@H]2[C@@H](O)C1. The molecule has 0 radical (unpaired) electrons.